The molecular formula is C12H18BrNOS. The lowest BCUT2D eigenvalue weighted by atomic mass is 10.0. The fourth-order valence-electron chi connectivity index (χ4n) is 1.46. The molecule has 2 nitrogen and oxygen atoms in total. The summed E-state index contributed by atoms with van der Waals surface area (Å²) in [5, 5.41) is 5.14. The van der Waals surface area contributed by atoms with Crippen LogP contribution in [0.3, 0.4) is 0 Å². The minimum absolute atomic E-state index is 0.0783. The number of alkyl halides is 1. The highest BCUT2D eigenvalue weighted by Gasteiger charge is 2.21. The fourth-order valence-corrected chi connectivity index (χ4v) is 2.54. The van der Waals surface area contributed by atoms with Crippen LogP contribution in [0, 0.1) is 5.92 Å². The first-order valence-electron chi connectivity index (χ1n) is 5.54. The maximum atomic E-state index is 11.8. The molecule has 2 atom stereocenters. The number of amides is 1. The van der Waals surface area contributed by atoms with E-state index < -0.39 is 0 Å². The summed E-state index contributed by atoms with van der Waals surface area (Å²) in [6.45, 7) is 6.24. The number of thiophene rings is 1. The zero-order valence-corrected chi connectivity index (χ0v) is 12.3. The van der Waals surface area contributed by atoms with Crippen LogP contribution in [0.1, 0.15) is 38.1 Å². The van der Waals surface area contributed by atoms with Crippen LogP contribution in [0.15, 0.2) is 17.5 Å². The van der Waals surface area contributed by atoms with Crippen molar-refractivity contribution in [1.29, 1.82) is 0 Å². The van der Waals surface area contributed by atoms with Crippen molar-refractivity contribution in [2.24, 2.45) is 5.92 Å². The highest BCUT2D eigenvalue weighted by molar-refractivity contribution is 9.10. The van der Waals surface area contributed by atoms with Crippen LogP contribution >= 0.6 is 27.3 Å². The van der Waals surface area contributed by atoms with E-state index in [0.29, 0.717) is 5.92 Å². The van der Waals surface area contributed by atoms with E-state index in [0.717, 1.165) is 6.42 Å². The Hall–Kier alpha value is -0.350. The molecule has 0 spiro atoms. The van der Waals surface area contributed by atoms with Crippen molar-refractivity contribution in [2.45, 2.75) is 38.1 Å². The molecule has 1 heterocycles. The third kappa shape index (κ3) is 3.59. The van der Waals surface area contributed by atoms with Gasteiger partial charge in [-0.05, 0) is 23.8 Å². The maximum absolute atomic E-state index is 11.8. The van der Waals surface area contributed by atoms with Crippen LogP contribution in [0.5, 0.6) is 0 Å². The van der Waals surface area contributed by atoms with Gasteiger partial charge in [0.2, 0.25) is 5.91 Å². The van der Waals surface area contributed by atoms with Gasteiger partial charge in [-0.2, -0.15) is 0 Å². The molecule has 1 rings (SSSR count). The molecule has 0 saturated heterocycles. The van der Waals surface area contributed by atoms with Gasteiger partial charge in [0.1, 0.15) is 0 Å². The fraction of sp³-hybridized carbons (Fsp3) is 0.583. The zero-order valence-electron chi connectivity index (χ0n) is 9.87. The minimum atomic E-state index is -0.0892. The monoisotopic (exact) mass is 303 g/mol. The smallest absolute Gasteiger partial charge is 0.234 e. The topological polar surface area (TPSA) is 29.1 Å². The van der Waals surface area contributed by atoms with Crippen LogP contribution in [-0.2, 0) is 4.79 Å². The van der Waals surface area contributed by atoms with Crippen molar-refractivity contribution in [3.63, 3.8) is 0 Å². The van der Waals surface area contributed by atoms with Crippen LogP contribution in [0.4, 0.5) is 0 Å². The lowest BCUT2D eigenvalue weighted by molar-refractivity contribution is -0.121. The molecule has 0 aliphatic carbocycles. The number of rotatable bonds is 5. The van der Waals surface area contributed by atoms with Gasteiger partial charge in [0, 0.05) is 4.88 Å². The zero-order chi connectivity index (χ0) is 12.1. The largest absolute Gasteiger partial charge is 0.347 e. The Morgan fingerprint density at radius 2 is 2.25 bits per heavy atom. The van der Waals surface area contributed by atoms with Crippen LogP contribution in [0.25, 0.3) is 0 Å². The Morgan fingerprint density at radius 1 is 1.56 bits per heavy atom. The molecule has 90 valence electrons. The lowest BCUT2D eigenvalue weighted by Gasteiger charge is -2.22. The van der Waals surface area contributed by atoms with Crippen molar-refractivity contribution in [3.05, 3.63) is 22.4 Å². The summed E-state index contributed by atoms with van der Waals surface area (Å²) in [7, 11) is 0. The van der Waals surface area contributed by atoms with E-state index in [1.165, 1.54) is 4.88 Å². The Balaban J connectivity index is 2.70. The number of hydrogen-bond acceptors (Lipinski definition) is 2. The Labute approximate surface area is 110 Å². The predicted octanol–water partition coefficient (Wildman–Crippen LogP) is 3.73. The molecule has 1 amide bonds. The first kappa shape index (κ1) is 13.7. The molecule has 0 radical (unpaired) electrons. The number of carbonyl (C=O) groups excluding carboxylic acids is 1. The molecule has 1 aromatic heterocycles. The summed E-state index contributed by atoms with van der Waals surface area (Å²) in [4.78, 5) is 13.0. The van der Waals surface area contributed by atoms with E-state index in [1.54, 1.807) is 11.3 Å². The Bertz CT molecular complexity index is 324. The Kier molecular flexibility index (Phi) is 5.49. The van der Waals surface area contributed by atoms with Crippen molar-refractivity contribution >= 4 is 33.2 Å². The molecule has 0 fully saturated rings. The lowest BCUT2D eigenvalue weighted by Crippen LogP contribution is -2.36. The number of nitrogens with one attached hydrogen (secondary N) is 1. The van der Waals surface area contributed by atoms with E-state index in [9.17, 15) is 4.79 Å². The van der Waals surface area contributed by atoms with Gasteiger partial charge in [-0.3, -0.25) is 4.79 Å². The van der Waals surface area contributed by atoms with Gasteiger partial charge in [-0.15, -0.1) is 11.3 Å². The third-order valence-corrected chi connectivity index (χ3v) is 4.48. The summed E-state index contributed by atoms with van der Waals surface area (Å²) < 4.78 is 0. The molecule has 0 aromatic carbocycles. The molecule has 2 unspecified atom stereocenters. The second kappa shape index (κ2) is 6.40. The van der Waals surface area contributed by atoms with Gasteiger partial charge in [0.15, 0.2) is 0 Å². The van der Waals surface area contributed by atoms with Crippen molar-refractivity contribution in [2.75, 3.05) is 0 Å². The summed E-state index contributed by atoms with van der Waals surface area (Å²) in [6, 6.07) is 4.22. The standard InChI is InChI=1S/C12H18BrNOS/c1-4-9(13)12(15)14-11(8(2)3)10-6-5-7-16-10/h5-9,11H,4H2,1-3H3,(H,14,15). The average Bonchev–Trinajstić information content (AvgIpc) is 2.76. The second-order valence-corrected chi connectivity index (χ2v) is 6.21. The second-order valence-electron chi connectivity index (χ2n) is 4.12. The van der Waals surface area contributed by atoms with E-state index in [-0.39, 0.29) is 16.8 Å². The molecular weight excluding hydrogens is 286 g/mol. The number of hydrogen-bond donors (Lipinski definition) is 1. The van der Waals surface area contributed by atoms with Gasteiger partial charge < -0.3 is 5.32 Å². The number of halogens is 1. The number of carbonyl (C=O) groups is 1. The minimum Gasteiger partial charge on any atom is -0.347 e. The molecule has 1 aromatic rings. The molecule has 0 bridgehead atoms. The van der Waals surface area contributed by atoms with Gasteiger partial charge >= 0.3 is 0 Å². The normalized spacial score (nSPS) is 14.8. The van der Waals surface area contributed by atoms with Crippen LogP contribution in [-0.4, -0.2) is 10.7 Å². The quantitative estimate of drug-likeness (QED) is 0.825. The summed E-state index contributed by atoms with van der Waals surface area (Å²) >= 11 is 5.07. The van der Waals surface area contributed by atoms with E-state index in [1.807, 2.05) is 18.4 Å². The molecule has 0 aliphatic heterocycles. The van der Waals surface area contributed by atoms with Crippen molar-refractivity contribution in [3.8, 4) is 0 Å². The third-order valence-electron chi connectivity index (χ3n) is 2.46. The van der Waals surface area contributed by atoms with Crippen molar-refractivity contribution < 1.29 is 4.79 Å². The van der Waals surface area contributed by atoms with Gasteiger partial charge in [-0.1, -0.05) is 42.8 Å². The highest BCUT2D eigenvalue weighted by atomic mass is 79.9. The Morgan fingerprint density at radius 3 is 2.69 bits per heavy atom. The maximum Gasteiger partial charge on any atom is 0.234 e. The van der Waals surface area contributed by atoms with Gasteiger partial charge in [0.05, 0.1) is 10.9 Å². The summed E-state index contributed by atoms with van der Waals surface area (Å²) in [5.74, 6) is 0.480. The van der Waals surface area contributed by atoms with Crippen molar-refractivity contribution in [1.82, 2.24) is 5.32 Å². The summed E-state index contributed by atoms with van der Waals surface area (Å²) in [6.07, 6.45) is 0.807. The van der Waals surface area contributed by atoms with E-state index >= 15 is 0 Å². The van der Waals surface area contributed by atoms with Crippen LogP contribution < -0.4 is 5.32 Å². The molecule has 1 N–H and O–H groups in total. The van der Waals surface area contributed by atoms with E-state index in [2.05, 4.69) is 41.2 Å². The summed E-state index contributed by atoms with van der Waals surface area (Å²) in [5.41, 5.74) is 0. The molecule has 16 heavy (non-hydrogen) atoms. The molecule has 0 aliphatic rings. The van der Waals surface area contributed by atoms with Crippen LogP contribution in [0.2, 0.25) is 0 Å². The van der Waals surface area contributed by atoms with Gasteiger partial charge in [0.25, 0.3) is 0 Å². The van der Waals surface area contributed by atoms with E-state index in [4.69, 9.17) is 0 Å². The predicted molar refractivity (Wildman–Crippen MR) is 73.0 cm³/mol. The van der Waals surface area contributed by atoms with Gasteiger partial charge in [-0.25, -0.2) is 0 Å². The average molecular weight is 304 g/mol. The molecule has 4 heteroatoms. The highest BCUT2D eigenvalue weighted by Crippen LogP contribution is 2.26. The first-order valence-corrected chi connectivity index (χ1v) is 7.33. The molecule has 0 saturated carbocycles. The SMILES string of the molecule is CCC(Br)C(=O)NC(c1cccs1)C(C)C. The first-order chi connectivity index (χ1) is 7.56.